The zero-order valence-electron chi connectivity index (χ0n) is 10.5. The highest BCUT2D eigenvalue weighted by atomic mass is 16.3. The lowest BCUT2D eigenvalue weighted by atomic mass is 10.1. The smallest absolute Gasteiger partial charge is 0.0524 e. The van der Waals surface area contributed by atoms with Crippen molar-refractivity contribution in [1.29, 1.82) is 0 Å². The molecule has 0 saturated carbocycles. The van der Waals surface area contributed by atoms with Gasteiger partial charge in [-0.3, -0.25) is 0 Å². The van der Waals surface area contributed by atoms with E-state index < -0.39 is 0 Å². The highest BCUT2D eigenvalue weighted by molar-refractivity contribution is 5.21. The van der Waals surface area contributed by atoms with Crippen molar-refractivity contribution in [2.24, 2.45) is 0 Å². The molecular formula is C14H23NO. The van der Waals surface area contributed by atoms with Crippen LogP contribution in [-0.2, 0) is 6.42 Å². The van der Waals surface area contributed by atoms with E-state index >= 15 is 0 Å². The second-order valence-corrected chi connectivity index (χ2v) is 4.68. The fourth-order valence-corrected chi connectivity index (χ4v) is 1.69. The summed E-state index contributed by atoms with van der Waals surface area (Å²) < 4.78 is 0. The van der Waals surface area contributed by atoms with Crippen molar-refractivity contribution in [3.05, 3.63) is 35.4 Å². The minimum atomic E-state index is -0.209. The average Bonchev–Trinajstić information content (AvgIpc) is 2.21. The number of aliphatic hydroxyl groups is 1. The molecule has 16 heavy (non-hydrogen) atoms. The SMILES string of the molecule is Cc1ccc(CC(C)NCCC(C)O)cc1. The van der Waals surface area contributed by atoms with Gasteiger partial charge in [-0.25, -0.2) is 0 Å². The van der Waals surface area contributed by atoms with E-state index in [1.807, 2.05) is 6.92 Å². The summed E-state index contributed by atoms with van der Waals surface area (Å²) in [5.74, 6) is 0. The number of hydrogen-bond donors (Lipinski definition) is 2. The highest BCUT2D eigenvalue weighted by Crippen LogP contribution is 2.06. The molecular weight excluding hydrogens is 198 g/mol. The zero-order chi connectivity index (χ0) is 12.0. The van der Waals surface area contributed by atoms with Crippen LogP contribution in [0.15, 0.2) is 24.3 Å². The number of rotatable bonds is 6. The minimum absolute atomic E-state index is 0.209. The maximum absolute atomic E-state index is 9.15. The summed E-state index contributed by atoms with van der Waals surface area (Å²) in [5, 5.41) is 12.6. The molecule has 2 atom stereocenters. The molecule has 0 radical (unpaired) electrons. The molecule has 0 fully saturated rings. The Labute approximate surface area is 98.7 Å². The van der Waals surface area contributed by atoms with Crippen LogP contribution in [0.5, 0.6) is 0 Å². The second kappa shape index (κ2) is 6.66. The van der Waals surface area contributed by atoms with Crippen LogP contribution in [0.4, 0.5) is 0 Å². The molecule has 0 aromatic heterocycles. The lowest BCUT2D eigenvalue weighted by molar-refractivity contribution is 0.182. The van der Waals surface area contributed by atoms with Crippen LogP contribution >= 0.6 is 0 Å². The van der Waals surface area contributed by atoms with Crippen molar-refractivity contribution in [2.75, 3.05) is 6.54 Å². The van der Waals surface area contributed by atoms with E-state index in [4.69, 9.17) is 5.11 Å². The Kier molecular flexibility index (Phi) is 5.50. The first-order valence-electron chi connectivity index (χ1n) is 6.05. The molecule has 2 nitrogen and oxygen atoms in total. The van der Waals surface area contributed by atoms with Gasteiger partial charge >= 0.3 is 0 Å². The lowest BCUT2D eigenvalue weighted by Gasteiger charge is -2.14. The molecule has 1 rings (SSSR count). The summed E-state index contributed by atoms with van der Waals surface area (Å²) in [4.78, 5) is 0. The van der Waals surface area contributed by atoms with E-state index in [1.54, 1.807) is 0 Å². The number of nitrogens with one attached hydrogen (secondary N) is 1. The van der Waals surface area contributed by atoms with Gasteiger partial charge in [-0.2, -0.15) is 0 Å². The fraction of sp³-hybridized carbons (Fsp3) is 0.571. The Morgan fingerprint density at radius 2 is 1.81 bits per heavy atom. The van der Waals surface area contributed by atoms with E-state index in [1.165, 1.54) is 11.1 Å². The van der Waals surface area contributed by atoms with Crippen molar-refractivity contribution in [1.82, 2.24) is 5.32 Å². The van der Waals surface area contributed by atoms with Gasteiger partial charge in [-0.05, 0) is 45.7 Å². The van der Waals surface area contributed by atoms with E-state index in [9.17, 15) is 0 Å². The van der Waals surface area contributed by atoms with Crippen molar-refractivity contribution >= 4 is 0 Å². The molecule has 90 valence electrons. The third-order valence-electron chi connectivity index (χ3n) is 2.72. The van der Waals surface area contributed by atoms with Crippen LogP contribution in [0.3, 0.4) is 0 Å². The summed E-state index contributed by atoms with van der Waals surface area (Å²) in [5.41, 5.74) is 2.67. The fourth-order valence-electron chi connectivity index (χ4n) is 1.69. The van der Waals surface area contributed by atoms with Crippen LogP contribution in [0.25, 0.3) is 0 Å². The van der Waals surface area contributed by atoms with E-state index in [0.717, 1.165) is 19.4 Å². The molecule has 0 bridgehead atoms. The second-order valence-electron chi connectivity index (χ2n) is 4.68. The number of aryl methyl sites for hydroxylation is 1. The lowest BCUT2D eigenvalue weighted by Crippen LogP contribution is -2.30. The largest absolute Gasteiger partial charge is 0.393 e. The minimum Gasteiger partial charge on any atom is -0.393 e. The van der Waals surface area contributed by atoms with Crippen LogP contribution in [0.2, 0.25) is 0 Å². The quantitative estimate of drug-likeness (QED) is 0.772. The van der Waals surface area contributed by atoms with Gasteiger partial charge in [0, 0.05) is 6.04 Å². The third-order valence-corrected chi connectivity index (χ3v) is 2.72. The molecule has 1 aromatic carbocycles. The van der Waals surface area contributed by atoms with Crippen molar-refractivity contribution < 1.29 is 5.11 Å². The Morgan fingerprint density at radius 3 is 2.38 bits per heavy atom. The van der Waals surface area contributed by atoms with Gasteiger partial charge in [0.05, 0.1) is 6.10 Å². The van der Waals surface area contributed by atoms with Crippen LogP contribution in [-0.4, -0.2) is 23.8 Å². The van der Waals surface area contributed by atoms with Crippen molar-refractivity contribution in [2.45, 2.75) is 45.8 Å². The monoisotopic (exact) mass is 221 g/mol. The van der Waals surface area contributed by atoms with Gasteiger partial charge < -0.3 is 10.4 Å². The standard InChI is InChI=1S/C14H23NO/c1-11-4-6-14(7-5-11)10-12(2)15-9-8-13(3)16/h4-7,12-13,15-16H,8-10H2,1-3H3. The first-order valence-corrected chi connectivity index (χ1v) is 6.05. The van der Waals surface area contributed by atoms with Gasteiger partial charge in [-0.15, -0.1) is 0 Å². The zero-order valence-corrected chi connectivity index (χ0v) is 10.5. The number of benzene rings is 1. The predicted octanol–water partition coefficient (Wildman–Crippen LogP) is 2.29. The maximum Gasteiger partial charge on any atom is 0.0524 e. The summed E-state index contributed by atoms with van der Waals surface area (Å²) in [6.45, 7) is 6.99. The maximum atomic E-state index is 9.15. The Morgan fingerprint density at radius 1 is 1.19 bits per heavy atom. The Bertz CT molecular complexity index is 292. The van der Waals surface area contributed by atoms with E-state index in [0.29, 0.717) is 6.04 Å². The molecule has 0 heterocycles. The molecule has 2 heteroatoms. The first-order chi connectivity index (χ1) is 7.58. The topological polar surface area (TPSA) is 32.3 Å². The molecule has 0 aliphatic carbocycles. The summed E-state index contributed by atoms with van der Waals surface area (Å²) >= 11 is 0. The average molecular weight is 221 g/mol. The van der Waals surface area contributed by atoms with Crippen molar-refractivity contribution in [3.8, 4) is 0 Å². The molecule has 2 N–H and O–H groups in total. The van der Waals surface area contributed by atoms with Gasteiger partial charge in [0.25, 0.3) is 0 Å². The number of aliphatic hydroxyl groups excluding tert-OH is 1. The molecule has 0 amide bonds. The first kappa shape index (κ1) is 13.2. The Hall–Kier alpha value is -0.860. The van der Waals surface area contributed by atoms with Gasteiger partial charge in [0.15, 0.2) is 0 Å². The molecule has 0 aliphatic heterocycles. The van der Waals surface area contributed by atoms with Gasteiger partial charge in [0.1, 0.15) is 0 Å². The molecule has 2 unspecified atom stereocenters. The van der Waals surface area contributed by atoms with Crippen LogP contribution < -0.4 is 5.32 Å². The predicted molar refractivity (Wildman–Crippen MR) is 68.6 cm³/mol. The van der Waals surface area contributed by atoms with Gasteiger partial charge in [0.2, 0.25) is 0 Å². The normalized spacial score (nSPS) is 14.8. The van der Waals surface area contributed by atoms with Crippen LogP contribution in [0.1, 0.15) is 31.4 Å². The highest BCUT2D eigenvalue weighted by Gasteiger charge is 2.03. The molecule has 1 aromatic rings. The summed E-state index contributed by atoms with van der Waals surface area (Å²) in [6, 6.07) is 9.13. The Balaban J connectivity index is 2.28. The van der Waals surface area contributed by atoms with E-state index in [2.05, 4.69) is 43.4 Å². The van der Waals surface area contributed by atoms with Crippen LogP contribution in [0, 0.1) is 6.92 Å². The number of hydrogen-bond acceptors (Lipinski definition) is 2. The molecule has 0 saturated heterocycles. The van der Waals surface area contributed by atoms with Gasteiger partial charge in [-0.1, -0.05) is 29.8 Å². The molecule has 0 spiro atoms. The van der Waals surface area contributed by atoms with E-state index in [-0.39, 0.29) is 6.10 Å². The molecule has 0 aliphatic rings. The summed E-state index contributed by atoms with van der Waals surface area (Å²) in [7, 11) is 0. The third kappa shape index (κ3) is 5.29. The van der Waals surface area contributed by atoms with Crippen molar-refractivity contribution in [3.63, 3.8) is 0 Å². The summed E-state index contributed by atoms with van der Waals surface area (Å²) in [6.07, 6.45) is 1.65.